The van der Waals surface area contributed by atoms with E-state index in [1.165, 1.54) is 20.3 Å². The number of aromatic hydroxyl groups is 2. The Labute approximate surface area is 355 Å². The van der Waals surface area contributed by atoms with Crippen molar-refractivity contribution >= 4 is 34.2 Å². The highest BCUT2D eigenvalue weighted by atomic mass is 16.7. The van der Waals surface area contributed by atoms with Crippen LogP contribution in [-0.2, 0) is 28.6 Å². The number of ether oxygens (including phenoxy) is 4. The van der Waals surface area contributed by atoms with E-state index in [-0.39, 0.29) is 55.7 Å². The van der Waals surface area contributed by atoms with Crippen LogP contribution in [0.15, 0.2) is 46.1 Å². The van der Waals surface area contributed by atoms with E-state index in [4.69, 9.17) is 34.7 Å². The first-order valence-electron chi connectivity index (χ1n) is 21.0. The highest BCUT2D eigenvalue weighted by molar-refractivity contribution is 6.08. The van der Waals surface area contributed by atoms with Crippen LogP contribution >= 0.6 is 0 Å². The summed E-state index contributed by atoms with van der Waals surface area (Å²) in [4.78, 5) is 51.0. The first-order chi connectivity index (χ1) is 28.7. The number of aliphatic hydroxyl groups is 2. The summed E-state index contributed by atoms with van der Waals surface area (Å²) in [5.74, 6) is -5.55. The van der Waals surface area contributed by atoms with Gasteiger partial charge < -0.3 is 55.3 Å². The Bertz CT molecular complexity index is 2300. The maximum absolute atomic E-state index is 13.9. The molecule has 332 valence electrons. The van der Waals surface area contributed by atoms with Crippen molar-refractivity contribution in [2.24, 2.45) is 39.4 Å². The zero-order chi connectivity index (χ0) is 44.9. The fourth-order valence-electron chi connectivity index (χ4n) is 9.13. The number of likely N-dealkylation sites (tertiary alicyclic amines) is 1. The average Bonchev–Trinajstić information content (AvgIpc) is 3.73. The topological polar surface area (TPSA) is 235 Å². The van der Waals surface area contributed by atoms with Crippen LogP contribution in [0.5, 0.6) is 17.2 Å². The van der Waals surface area contributed by atoms with Crippen LogP contribution in [0.3, 0.4) is 0 Å². The predicted octanol–water partition coefficient (Wildman–Crippen LogP) is 3.85. The van der Waals surface area contributed by atoms with E-state index >= 15 is 0 Å². The Morgan fingerprint density at radius 3 is 2.26 bits per heavy atom. The number of piperidine rings is 1. The van der Waals surface area contributed by atoms with Gasteiger partial charge in [0, 0.05) is 99.1 Å². The van der Waals surface area contributed by atoms with Crippen LogP contribution in [0.1, 0.15) is 91.8 Å². The van der Waals surface area contributed by atoms with Crippen molar-refractivity contribution in [2.75, 3.05) is 25.5 Å². The van der Waals surface area contributed by atoms with Crippen molar-refractivity contribution in [3.63, 3.8) is 0 Å². The molecule has 4 aliphatic heterocycles. The second kappa shape index (κ2) is 17.4. The highest BCUT2D eigenvalue weighted by Gasteiger charge is 2.49. The van der Waals surface area contributed by atoms with E-state index in [1.807, 2.05) is 13.8 Å². The number of fused-ring (bicyclic) bond motifs is 1. The van der Waals surface area contributed by atoms with Gasteiger partial charge in [0.2, 0.25) is 5.91 Å². The molecule has 6 rings (SSSR count). The van der Waals surface area contributed by atoms with Crippen molar-refractivity contribution in [2.45, 2.75) is 123 Å². The summed E-state index contributed by atoms with van der Waals surface area (Å²) in [7, 11) is 1.49. The number of benzene rings is 2. The van der Waals surface area contributed by atoms with E-state index < -0.39 is 83.2 Å². The van der Waals surface area contributed by atoms with E-state index in [0.717, 1.165) is 0 Å². The van der Waals surface area contributed by atoms with Gasteiger partial charge in [-0.3, -0.25) is 24.4 Å². The van der Waals surface area contributed by atoms with E-state index in [0.29, 0.717) is 37.9 Å². The smallest absolute Gasteiger partial charge is 0.302 e. The Balaban J connectivity index is 1.54. The largest absolute Gasteiger partial charge is 0.507 e. The summed E-state index contributed by atoms with van der Waals surface area (Å²) in [5.41, 5.74) is 6.86. The maximum atomic E-state index is 13.9. The molecule has 16 heteroatoms. The van der Waals surface area contributed by atoms with Gasteiger partial charge >= 0.3 is 5.97 Å². The number of carbonyl (C=O) groups is 3. The molecule has 2 aromatic carbocycles. The summed E-state index contributed by atoms with van der Waals surface area (Å²) in [5, 5.41) is 50.6. The minimum Gasteiger partial charge on any atom is -0.507 e. The number of phenols is 2. The SMILES string of the molecule is CCC(=O)N1CCC2(CC1)N=c1c3c(O)c4c(O)c(C)c5c(c4c1=N2)C(N)C(C)(O/C=C/C(OC)C(C)C(OC(C)=O)C(C)C(O)C(C)C(O)C(C)/C=C/C=C(/C)C(=O)N3)O5. The Morgan fingerprint density at radius 1 is 0.984 bits per heavy atom. The fraction of sp³-hybridized carbons (Fsp3) is 0.578. The van der Waals surface area contributed by atoms with Gasteiger partial charge in [-0.2, -0.15) is 0 Å². The van der Waals surface area contributed by atoms with Crippen molar-refractivity contribution in [3.05, 3.63) is 58.0 Å². The second-order valence-electron chi connectivity index (χ2n) is 17.3. The Morgan fingerprint density at radius 2 is 1.64 bits per heavy atom. The first kappa shape index (κ1) is 45.5. The Hall–Kier alpha value is -5.03. The van der Waals surface area contributed by atoms with Crippen LogP contribution in [0, 0.1) is 30.6 Å². The van der Waals surface area contributed by atoms with Crippen molar-refractivity contribution in [1.29, 1.82) is 0 Å². The monoisotopic (exact) mass is 847 g/mol. The number of esters is 1. The van der Waals surface area contributed by atoms with E-state index in [1.54, 1.807) is 70.7 Å². The summed E-state index contributed by atoms with van der Waals surface area (Å²) < 4.78 is 24.4. The lowest BCUT2D eigenvalue weighted by Crippen LogP contribution is -2.46. The molecular formula is C45H61N5O11. The molecule has 0 aromatic heterocycles. The number of allylic oxidation sites excluding steroid dienone is 2. The third-order valence-electron chi connectivity index (χ3n) is 13.1. The molecule has 0 aliphatic carbocycles. The number of nitrogens with zero attached hydrogens (tertiary/aromatic N) is 3. The number of phenolic OH excluding ortho intramolecular Hbond substituents is 2. The molecule has 2 amide bonds. The molecule has 2 aromatic rings. The van der Waals surface area contributed by atoms with Gasteiger partial charge in [0.05, 0.1) is 35.3 Å². The molecule has 4 bridgehead atoms. The zero-order valence-electron chi connectivity index (χ0n) is 36.7. The minimum atomic E-state index is -1.58. The fourth-order valence-corrected chi connectivity index (χ4v) is 9.13. The van der Waals surface area contributed by atoms with Crippen LogP contribution in [-0.4, -0.2) is 99.2 Å². The number of hydrogen-bond donors (Lipinski definition) is 6. The van der Waals surface area contributed by atoms with Crippen molar-refractivity contribution in [3.8, 4) is 17.2 Å². The molecule has 16 nitrogen and oxygen atoms in total. The number of nitrogens with one attached hydrogen (secondary N) is 1. The molecule has 1 fully saturated rings. The molecule has 7 N–H and O–H groups in total. The normalized spacial score (nSPS) is 33.4. The number of nitrogens with two attached hydrogens (primary N) is 1. The summed E-state index contributed by atoms with van der Waals surface area (Å²) >= 11 is 0. The van der Waals surface area contributed by atoms with Gasteiger partial charge in [0.1, 0.15) is 34.7 Å². The van der Waals surface area contributed by atoms with Gasteiger partial charge in [0.25, 0.3) is 11.7 Å². The van der Waals surface area contributed by atoms with Crippen molar-refractivity contribution in [1.82, 2.24) is 4.90 Å². The van der Waals surface area contributed by atoms with Crippen LogP contribution in [0.4, 0.5) is 5.69 Å². The Kier molecular flexibility index (Phi) is 13.0. The van der Waals surface area contributed by atoms with Crippen molar-refractivity contribution < 1.29 is 53.8 Å². The lowest BCUT2D eigenvalue weighted by Gasteiger charge is -2.38. The van der Waals surface area contributed by atoms with Gasteiger partial charge in [0.15, 0.2) is 11.4 Å². The van der Waals surface area contributed by atoms with E-state index in [9.17, 15) is 34.8 Å². The van der Waals surface area contributed by atoms with Gasteiger partial charge in [-0.25, -0.2) is 0 Å². The van der Waals surface area contributed by atoms with Crippen LogP contribution in [0.2, 0.25) is 0 Å². The number of aliphatic hydroxyl groups excluding tert-OH is 2. The molecule has 4 aliphatic rings. The highest BCUT2D eigenvalue weighted by Crippen LogP contribution is 2.53. The zero-order valence-corrected chi connectivity index (χ0v) is 36.7. The molecule has 4 heterocycles. The molecule has 1 spiro atoms. The molecule has 0 radical (unpaired) electrons. The molecule has 61 heavy (non-hydrogen) atoms. The van der Waals surface area contributed by atoms with Gasteiger partial charge in [-0.15, -0.1) is 0 Å². The maximum Gasteiger partial charge on any atom is 0.302 e. The number of methoxy groups -OCH3 is 1. The molecule has 10 atom stereocenters. The third-order valence-corrected chi connectivity index (χ3v) is 13.1. The molecule has 0 saturated carbocycles. The average molecular weight is 848 g/mol. The summed E-state index contributed by atoms with van der Waals surface area (Å²) in [6.45, 7) is 15.8. The number of rotatable bonds is 3. The number of anilines is 1. The molecular weight excluding hydrogens is 787 g/mol. The first-order valence-corrected chi connectivity index (χ1v) is 21.0. The van der Waals surface area contributed by atoms with Crippen LogP contribution < -0.4 is 26.5 Å². The van der Waals surface area contributed by atoms with Crippen LogP contribution in [0.25, 0.3) is 10.8 Å². The molecule has 10 unspecified atom stereocenters. The predicted molar refractivity (Wildman–Crippen MR) is 226 cm³/mol. The number of carbonyl (C=O) groups excluding carboxylic acids is 3. The standard InChI is InChI=1S/C45H61N5O11/c1-11-29(52)50-18-16-45(17-19-50)48-33-30-31-38(55)26(7)41-32(30)42(46)44(9,61-41)59-20-15-28(58-10)23(4)40(60-27(8)51)25(6)37(54)24(5)36(53)21(2)13-12-14-22(3)43(57)47-35(39(31)56)34(33)49-45/h12-15,20-21,23-25,28,36-37,40,42,53-56H,11,16-19,46H2,1-10H3,(H,47,57)/b13-12+,20-15+,22-14-. The lowest BCUT2D eigenvalue weighted by molar-refractivity contribution is -0.160. The summed E-state index contributed by atoms with van der Waals surface area (Å²) in [6.07, 6.45) is 5.32. The van der Waals surface area contributed by atoms with Gasteiger partial charge in [-0.05, 0) is 19.9 Å². The third kappa shape index (κ3) is 8.22. The quantitative estimate of drug-likeness (QED) is 0.191. The van der Waals surface area contributed by atoms with E-state index in [2.05, 4.69) is 5.32 Å². The minimum absolute atomic E-state index is 0.00671. The summed E-state index contributed by atoms with van der Waals surface area (Å²) in [6, 6.07) is -1.03. The molecule has 1 saturated heterocycles. The number of amides is 2. The van der Waals surface area contributed by atoms with Gasteiger partial charge in [-0.1, -0.05) is 52.8 Å². The lowest BCUT2D eigenvalue weighted by atomic mass is 9.78. The second-order valence-corrected chi connectivity index (χ2v) is 17.3. The number of hydrogen-bond acceptors (Lipinski definition) is 14.